The Hall–Kier alpha value is -0.990. The van der Waals surface area contributed by atoms with Crippen LogP contribution in [0.1, 0.15) is 52.1 Å². The van der Waals surface area contributed by atoms with Crippen molar-refractivity contribution in [3.63, 3.8) is 0 Å². The summed E-state index contributed by atoms with van der Waals surface area (Å²) in [4.78, 5) is 16.5. The van der Waals surface area contributed by atoms with Crippen molar-refractivity contribution in [3.05, 3.63) is 11.1 Å². The average Bonchev–Trinajstić information content (AvgIpc) is 2.83. The molecule has 8 heteroatoms. The molecule has 0 unspecified atom stereocenters. The highest BCUT2D eigenvalue weighted by molar-refractivity contribution is 7.90. The second-order valence-electron chi connectivity index (χ2n) is 7.07. The lowest BCUT2D eigenvalue weighted by Gasteiger charge is -2.30. The van der Waals surface area contributed by atoms with Gasteiger partial charge in [-0.25, -0.2) is 18.1 Å². The van der Waals surface area contributed by atoms with E-state index in [4.69, 9.17) is 0 Å². The van der Waals surface area contributed by atoms with E-state index >= 15 is 0 Å². The first kappa shape index (κ1) is 18.4. The molecule has 0 atom stereocenters. The number of carbonyl (C=O) groups is 1. The van der Waals surface area contributed by atoms with E-state index in [1.54, 1.807) is 20.8 Å². The van der Waals surface area contributed by atoms with E-state index in [0.29, 0.717) is 30.8 Å². The molecule has 1 aromatic heterocycles. The van der Waals surface area contributed by atoms with Crippen molar-refractivity contribution in [2.45, 2.75) is 64.2 Å². The number of amides is 1. The van der Waals surface area contributed by atoms with Gasteiger partial charge < -0.3 is 5.32 Å². The molecule has 0 saturated heterocycles. The van der Waals surface area contributed by atoms with Gasteiger partial charge in [0, 0.05) is 17.3 Å². The monoisotopic (exact) mass is 359 g/mol. The van der Waals surface area contributed by atoms with Gasteiger partial charge in [0.2, 0.25) is 15.9 Å². The normalized spacial score (nSPS) is 22.8. The van der Waals surface area contributed by atoms with Crippen molar-refractivity contribution in [2.75, 3.05) is 5.32 Å². The maximum absolute atomic E-state index is 12.2. The molecule has 0 bridgehead atoms. The van der Waals surface area contributed by atoms with Crippen molar-refractivity contribution in [1.29, 1.82) is 0 Å². The number of aromatic nitrogens is 1. The van der Waals surface area contributed by atoms with Crippen molar-refractivity contribution in [3.8, 4) is 0 Å². The van der Waals surface area contributed by atoms with Crippen LogP contribution in [0.3, 0.4) is 0 Å². The number of sulfonamides is 1. The van der Waals surface area contributed by atoms with Gasteiger partial charge >= 0.3 is 0 Å². The second kappa shape index (κ2) is 6.86. The third kappa shape index (κ3) is 4.74. The molecule has 0 radical (unpaired) electrons. The van der Waals surface area contributed by atoms with Crippen LogP contribution in [-0.4, -0.2) is 30.1 Å². The van der Waals surface area contributed by atoms with Gasteiger partial charge in [0.05, 0.1) is 10.4 Å². The quantitative estimate of drug-likeness (QED) is 0.865. The fourth-order valence-corrected chi connectivity index (χ4v) is 4.21. The standard InChI is InChI=1S/C15H25N3O3S2/c1-10-9-22-14(16-10)17-13(19)11-5-7-12(8-6-11)18-23(20,21)15(2,3)4/h9,11-12,18H,5-8H2,1-4H3,(H,16,17,19). The van der Waals surface area contributed by atoms with Crippen molar-refractivity contribution >= 4 is 32.4 Å². The second-order valence-corrected chi connectivity index (χ2v) is 10.4. The number of anilines is 1. The third-order valence-corrected chi connectivity index (χ3v) is 7.21. The minimum atomic E-state index is -3.34. The lowest BCUT2D eigenvalue weighted by molar-refractivity contribution is -0.120. The zero-order chi connectivity index (χ0) is 17.3. The highest BCUT2D eigenvalue weighted by Gasteiger charge is 2.34. The van der Waals surface area contributed by atoms with Crippen LogP contribution in [-0.2, 0) is 14.8 Å². The molecule has 1 fully saturated rings. The van der Waals surface area contributed by atoms with E-state index in [1.807, 2.05) is 12.3 Å². The summed E-state index contributed by atoms with van der Waals surface area (Å²) in [5.74, 6) is -0.0916. The van der Waals surface area contributed by atoms with Gasteiger partial charge in [-0.05, 0) is 53.4 Å². The molecule has 0 aromatic carbocycles. The zero-order valence-electron chi connectivity index (χ0n) is 14.0. The van der Waals surface area contributed by atoms with E-state index in [2.05, 4.69) is 15.0 Å². The molecule has 1 heterocycles. The minimum absolute atomic E-state index is 0.0171. The molecule has 6 nitrogen and oxygen atoms in total. The minimum Gasteiger partial charge on any atom is -0.302 e. The Labute approximate surface area is 142 Å². The zero-order valence-corrected chi connectivity index (χ0v) is 15.7. The van der Waals surface area contributed by atoms with Gasteiger partial charge in [-0.1, -0.05) is 0 Å². The van der Waals surface area contributed by atoms with Gasteiger partial charge in [0.1, 0.15) is 0 Å². The van der Waals surface area contributed by atoms with Crippen LogP contribution < -0.4 is 10.0 Å². The summed E-state index contributed by atoms with van der Waals surface area (Å²) in [7, 11) is -3.34. The van der Waals surface area contributed by atoms with Crippen LogP contribution in [0.25, 0.3) is 0 Å². The Morgan fingerprint density at radius 1 is 1.26 bits per heavy atom. The fourth-order valence-electron chi connectivity index (χ4n) is 2.49. The number of hydrogen-bond donors (Lipinski definition) is 2. The van der Waals surface area contributed by atoms with Crippen molar-refractivity contribution in [2.24, 2.45) is 5.92 Å². The maximum atomic E-state index is 12.2. The van der Waals surface area contributed by atoms with Gasteiger partial charge in [-0.15, -0.1) is 11.3 Å². The van der Waals surface area contributed by atoms with Crippen LogP contribution in [0.2, 0.25) is 0 Å². The summed E-state index contributed by atoms with van der Waals surface area (Å²) in [5.41, 5.74) is 0.894. The molecule has 130 valence electrons. The lowest BCUT2D eigenvalue weighted by atomic mass is 9.86. The Balaban J connectivity index is 1.85. The number of nitrogens with zero attached hydrogens (tertiary/aromatic N) is 1. The first-order valence-electron chi connectivity index (χ1n) is 7.83. The number of nitrogens with one attached hydrogen (secondary N) is 2. The first-order chi connectivity index (χ1) is 10.6. The van der Waals surface area contributed by atoms with Gasteiger partial charge in [0.25, 0.3) is 0 Å². The molecule has 23 heavy (non-hydrogen) atoms. The SMILES string of the molecule is Cc1csc(NC(=O)C2CCC(NS(=O)(=O)C(C)(C)C)CC2)n1. The summed E-state index contributed by atoms with van der Waals surface area (Å²) < 4.78 is 26.3. The van der Waals surface area contributed by atoms with Crippen LogP contribution in [0.5, 0.6) is 0 Å². The summed E-state index contributed by atoms with van der Waals surface area (Å²) >= 11 is 1.42. The molecule has 2 rings (SSSR count). The maximum Gasteiger partial charge on any atom is 0.229 e. The average molecular weight is 360 g/mol. The molecule has 1 saturated carbocycles. The smallest absolute Gasteiger partial charge is 0.229 e. The largest absolute Gasteiger partial charge is 0.302 e. The van der Waals surface area contributed by atoms with Gasteiger partial charge in [0.15, 0.2) is 5.13 Å². The van der Waals surface area contributed by atoms with Crippen LogP contribution in [0.4, 0.5) is 5.13 Å². The van der Waals surface area contributed by atoms with Crippen LogP contribution >= 0.6 is 11.3 Å². The molecule has 1 amide bonds. The number of thiazole rings is 1. The van der Waals surface area contributed by atoms with Crippen molar-refractivity contribution < 1.29 is 13.2 Å². The predicted octanol–water partition coefficient (Wildman–Crippen LogP) is 2.67. The van der Waals surface area contributed by atoms with E-state index < -0.39 is 14.8 Å². The molecule has 0 aliphatic heterocycles. The number of carbonyl (C=O) groups excluding carboxylic acids is 1. The summed E-state index contributed by atoms with van der Waals surface area (Å²) in [6.45, 7) is 6.94. The van der Waals surface area contributed by atoms with E-state index in [0.717, 1.165) is 5.69 Å². The van der Waals surface area contributed by atoms with Crippen LogP contribution in [0.15, 0.2) is 5.38 Å². The molecular formula is C15H25N3O3S2. The lowest BCUT2D eigenvalue weighted by Crippen LogP contribution is -2.46. The Morgan fingerprint density at radius 3 is 2.35 bits per heavy atom. The highest BCUT2D eigenvalue weighted by atomic mass is 32.2. The highest BCUT2D eigenvalue weighted by Crippen LogP contribution is 2.27. The summed E-state index contributed by atoms with van der Waals surface area (Å²) in [6, 6.07) is -0.0783. The van der Waals surface area contributed by atoms with Crippen molar-refractivity contribution in [1.82, 2.24) is 9.71 Å². The Morgan fingerprint density at radius 2 is 1.87 bits per heavy atom. The van der Waals surface area contributed by atoms with Gasteiger partial charge in [-0.2, -0.15) is 0 Å². The summed E-state index contributed by atoms with van der Waals surface area (Å²) in [5, 5.41) is 5.37. The topological polar surface area (TPSA) is 88.2 Å². The van der Waals surface area contributed by atoms with E-state index in [1.165, 1.54) is 11.3 Å². The van der Waals surface area contributed by atoms with E-state index in [-0.39, 0.29) is 17.9 Å². The van der Waals surface area contributed by atoms with Crippen LogP contribution in [0, 0.1) is 12.8 Å². The molecule has 2 N–H and O–H groups in total. The molecular weight excluding hydrogens is 334 g/mol. The van der Waals surface area contributed by atoms with E-state index in [9.17, 15) is 13.2 Å². The number of rotatable bonds is 4. The Kier molecular flexibility index (Phi) is 5.48. The fraction of sp³-hybridized carbons (Fsp3) is 0.733. The third-order valence-electron chi connectivity index (χ3n) is 4.08. The predicted molar refractivity (Wildman–Crippen MR) is 93.0 cm³/mol. The number of aryl methyl sites for hydroxylation is 1. The van der Waals surface area contributed by atoms with Gasteiger partial charge in [-0.3, -0.25) is 4.79 Å². The molecule has 1 aliphatic carbocycles. The molecule has 0 spiro atoms. The first-order valence-corrected chi connectivity index (χ1v) is 10.2. The molecule has 1 aromatic rings. The Bertz CT molecular complexity index is 654. The molecule has 1 aliphatic rings. The number of hydrogen-bond acceptors (Lipinski definition) is 5. The summed E-state index contributed by atoms with van der Waals surface area (Å²) in [6.07, 6.45) is 2.75.